The highest BCUT2D eigenvalue weighted by Gasteiger charge is 1.94. The molecule has 0 aromatic rings. The van der Waals surface area contributed by atoms with Gasteiger partial charge in [-0.15, -0.1) is 0 Å². The van der Waals surface area contributed by atoms with E-state index in [0.717, 1.165) is 5.92 Å². The van der Waals surface area contributed by atoms with Crippen LogP contribution < -0.4 is 0 Å². The first kappa shape index (κ1) is 12.7. The second-order valence-electron chi connectivity index (χ2n) is 3.53. The first-order chi connectivity index (χ1) is 5.77. The van der Waals surface area contributed by atoms with Crippen molar-refractivity contribution in [2.24, 2.45) is 5.92 Å². The molecule has 0 unspecified atom stereocenters. The van der Waals surface area contributed by atoms with Crippen LogP contribution in [0.3, 0.4) is 0 Å². The number of hydrogen-bond acceptors (Lipinski definition) is 2. The molecule has 0 spiro atoms. The van der Waals surface area contributed by atoms with Gasteiger partial charge in [-0.3, -0.25) is 0 Å². The van der Waals surface area contributed by atoms with Crippen molar-refractivity contribution in [2.45, 2.75) is 46.5 Å². The molecule has 0 rings (SSSR count). The van der Waals surface area contributed by atoms with E-state index in [9.17, 15) is 0 Å². The lowest BCUT2D eigenvalue weighted by Gasteiger charge is -2.03. The molecule has 0 saturated heterocycles. The summed E-state index contributed by atoms with van der Waals surface area (Å²) in [5.74, 6) is 3.54. The topological polar surface area (TPSA) is 0 Å². The second kappa shape index (κ2) is 9.79. The normalized spacial score (nSPS) is 11.0. The van der Waals surface area contributed by atoms with Crippen molar-refractivity contribution in [3.8, 4) is 0 Å². The zero-order valence-corrected chi connectivity index (χ0v) is 10.3. The number of hydrogen-bond donors (Lipinski definition) is 0. The van der Waals surface area contributed by atoms with Gasteiger partial charge in [-0.05, 0) is 18.8 Å². The first-order valence-corrected chi connectivity index (χ1v) is 7.50. The molecule has 0 nitrogen and oxygen atoms in total. The van der Waals surface area contributed by atoms with E-state index in [4.69, 9.17) is 0 Å². The maximum absolute atomic E-state index is 2.29. The van der Waals surface area contributed by atoms with Crippen LogP contribution in [0.25, 0.3) is 0 Å². The molecule has 0 fully saturated rings. The molecule has 0 atom stereocenters. The van der Waals surface area contributed by atoms with Gasteiger partial charge in [-0.2, -0.15) is 0 Å². The van der Waals surface area contributed by atoms with E-state index >= 15 is 0 Å². The lowest BCUT2D eigenvalue weighted by molar-refractivity contribution is 0.633. The maximum Gasteiger partial charge on any atom is 0.00393 e. The summed E-state index contributed by atoms with van der Waals surface area (Å²) in [6, 6.07) is 0. The third-order valence-corrected chi connectivity index (χ3v) is 4.22. The SMILES string of the molecule is CCCCCSSCCC(C)C. The van der Waals surface area contributed by atoms with E-state index in [1.165, 1.54) is 37.2 Å². The van der Waals surface area contributed by atoms with Gasteiger partial charge in [0, 0.05) is 11.5 Å². The molecule has 0 aromatic heterocycles. The van der Waals surface area contributed by atoms with Gasteiger partial charge in [0.2, 0.25) is 0 Å². The molecule has 0 saturated carbocycles. The van der Waals surface area contributed by atoms with Gasteiger partial charge in [-0.1, -0.05) is 55.2 Å². The van der Waals surface area contributed by atoms with E-state index in [1.54, 1.807) is 0 Å². The molecule has 2 heteroatoms. The summed E-state index contributed by atoms with van der Waals surface area (Å²) in [7, 11) is 4.10. The molecule has 0 amide bonds. The van der Waals surface area contributed by atoms with Gasteiger partial charge in [0.1, 0.15) is 0 Å². The fourth-order valence-corrected chi connectivity index (χ4v) is 3.29. The van der Waals surface area contributed by atoms with Crippen molar-refractivity contribution in [2.75, 3.05) is 11.5 Å². The molecule has 0 aliphatic heterocycles. The Hall–Kier alpha value is 0.700. The fourth-order valence-electron chi connectivity index (χ4n) is 0.813. The Kier molecular flexibility index (Phi) is 10.4. The van der Waals surface area contributed by atoms with Gasteiger partial charge >= 0.3 is 0 Å². The minimum absolute atomic E-state index is 0.869. The molecule has 0 heterocycles. The van der Waals surface area contributed by atoms with Gasteiger partial charge in [-0.25, -0.2) is 0 Å². The summed E-state index contributed by atoms with van der Waals surface area (Å²) < 4.78 is 0. The molecule has 0 N–H and O–H groups in total. The Bertz CT molecular complexity index is 81.9. The maximum atomic E-state index is 2.29. The zero-order chi connectivity index (χ0) is 9.23. The van der Waals surface area contributed by atoms with Crippen LogP contribution in [0.1, 0.15) is 46.5 Å². The van der Waals surface area contributed by atoms with Gasteiger partial charge < -0.3 is 0 Å². The minimum Gasteiger partial charge on any atom is -0.0942 e. The fraction of sp³-hybridized carbons (Fsp3) is 1.00. The van der Waals surface area contributed by atoms with Crippen LogP contribution >= 0.6 is 21.6 Å². The third kappa shape index (κ3) is 10.7. The van der Waals surface area contributed by atoms with Crippen LogP contribution in [0.5, 0.6) is 0 Å². The summed E-state index contributed by atoms with van der Waals surface area (Å²) >= 11 is 0. The number of unbranched alkanes of at least 4 members (excludes halogenated alkanes) is 2. The Balaban J connectivity index is 2.82. The Morgan fingerprint density at radius 1 is 1.00 bits per heavy atom. The minimum atomic E-state index is 0.869. The van der Waals surface area contributed by atoms with Gasteiger partial charge in [0.05, 0.1) is 0 Å². The summed E-state index contributed by atoms with van der Waals surface area (Å²) in [6.45, 7) is 6.85. The Labute approximate surface area is 85.7 Å². The largest absolute Gasteiger partial charge is 0.0942 e. The van der Waals surface area contributed by atoms with Gasteiger partial charge in [0.25, 0.3) is 0 Å². The summed E-state index contributed by atoms with van der Waals surface area (Å²) in [5.41, 5.74) is 0. The average Bonchev–Trinajstić information content (AvgIpc) is 2.02. The molecule has 0 aromatic carbocycles. The molecule has 12 heavy (non-hydrogen) atoms. The molecule has 0 aliphatic carbocycles. The lowest BCUT2D eigenvalue weighted by Crippen LogP contribution is -1.88. The monoisotopic (exact) mass is 206 g/mol. The molecule has 74 valence electrons. The average molecular weight is 206 g/mol. The number of rotatable bonds is 8. The van der Waals surface area contributed by atoms with Crippen molar-refractivity contribution in [1.29, 1.82) is 0 Å². The quantitative estimate of drug-likeness (QED) is 0.420. The summed E-state index contributed by atoms with van der Waals surface area (Å²) in [5, 5.41) is 0. The molecule has 0 bridgehead atoms. The van der Waals surface area contributed by atoms with Crippen molar-refractivity contribution < 1.29 is 0 Å². The van der Waals surface area contributed by atoms with Crippen molar-refractivity contribution >= 4 is 21.6 Å². The summed E-state index contributed by atoms with van der Waals surface area (Å²) in [6.07, 6.45) is 5.51. The second-order valence-corrected chi connectivity index (χ2v) is 6.24. The van der Waals surface area contributed by atoms with Crippen LogP contribution in [-0.4, -0.2) is 11.5 Å². The van der Waals surface area contributed by atoms with E-state index in [-0.39, 0.29) is 0 Å². The van der Waals surface area contributed by atoms with E-state index in [1.807, 2.05) is 10.8 Å². The predicted octanol–water partition coefficient (Wildman–Crippen LogP) is 4.60. The first-order valence-electron chi connectivity index (χ1n) is 5.01. The van der Waals surface area contributed by atoms with Crippen LogP contribution in [0.15, 0.2) is 0 Å². The lowest BCUT2D eigenvalue weighted by atomic mass is 10.2. The van der Waals surface area contributed by atoms with Crippen LogP contribution in [0.4, 0.5) is 0 Å². The van der Waals surface area contributed by atoms with Gasteiger partial charge in [0.15, 0.2) is 0 Å². The predicted molar refractivity (Wildman–Crippen MR) is 63.9 cm³/mol. The zero-order valence-electron chi connectivity index (χ0n) is 8.64. The van der Waals surface area contributed by atoms with E-state index < -0.39 is 0 Å². The highest BCUT2D eigenvalue weighted by Crippen LogP contribution is 2.24. The smallest absolute Gasteiger partial charge is 0.00393 e. The van der Waals surface area contributed by atoms with Crippen LogP contribution in [0, 0.1) is 5.92 Å². The van der Waals surface area contributed by atoms with Crippen molar-refractivity contribution in [3.05, 3.63) is 0 Å². The molecular formula is C10H22S2. The van der Waals surface area contributed by atoms with E-state index in [0.29, 0.717) is 0 Å². The summed E-state index contributed by atoms with van der Waals surface area (Å²) in [4.78, 5) is 0. The van der Waals surface area contributed by atoms with Crippen molar-refractivity contribution in [3.63, 3.8) is 0 Å². The van der Waals surface area contributed by atoms with Crippen molar-refractivity contribution in [1.82, 2.24) is 0 Å². The molecule has 0 radical (unpaired) electrons. The third-order valence-electron chi connectivity index (χ3n) is 1.69. The molecule has 0 aliphatic rings. The molecular weight excluding hydrogens is 184 g/mol. The van der Waals surface area contributed by atoms with Crippen LogP contribution in [0.2, 0.25) is 0 Å². The van der Waals surface area contributed by atoms with E-state index in [2.05, 4.69) is 31.6 Å². The standard InChI is InChI=1S/C10H22S2/c1-4-5-6-8-11-12-9-7-10(2)3/h10H,4-9H2,1-3H3. The van der Waals surface area contributed by atoms with Crippen LogP contribution in [-0.2, 0) is 0 Å². The Morgan fingerprint density at radius 3 is 2.25 bits per heavy atom. The highest BCUT2D eigenvalue weighted by atomic mass is 33.1. The Morgan fingerprint density at radius 2 is 1.67 bits per heavy atom. The highest BCUT2D eigenvalue weighted by molar-refractivity contribution is 8.76.